The smallest absolute Gasteiger partial charge is 0.251 e. The number of aryl methyl sites for hydroxylation is 1. The fourth-order valence-electron chi connectivity index (χ4n) is 2.95. The Bertz CT molecular complexity index is 1140. The fraction of sp³-hybridized carbons (Fsp3) is 0.238. The van der Waals surface area contributed by atoms with Gasteiger partial charge in [0.1, 0.15) is 12.3 Å². The topological polar surface area (TPSA) is 90.2 Å². The molecule has 8 nitrogen and oxygen atoms in total. The first-order valence-corrected chi connectivity index (χ1v) is 9.71. The van der Waals surface area contributed by atoms with Gasteiger partial charge in [-0.15, -0.1) is 0 Å². The zero-order valence-electron chi connectivity index (χ0n) is 17.0. The summed E-state index contributed by atoms with van der Waals surface area (Å²) in [4.78, 5) is 24.9. The fourth-order valence-corrected chi connectivity index (χ4v) is 3.16. The number of aromatic nitrogens is 3. The van der Waals surface area contributed by atoms with Gasteiger partial charge in [-0.25, -0.2) is 4.68 Å². The molecular weight excluding hydrogens is 402 g/mol. The Balaban J connectivity index is 1.67. The number of amides is 2. The van der Waals surface area contributed by atoms with Gasteiger partial charge < -0.3 is 19.9 Å². The Hall–Kier alpha value is -3.46. The maximum absolute atomic E-state index is 12.5. The number of ether oxygens (including phenoxy) is 1. The lowest BCUT2D eigenvalue weighted by atomic mass is 10.1. The molecule has 0 saturated heterocycles. The van der Waals surface area contributed by atoms with Crippen LogP contribution in [0.4, 0.5) is 5.69 Å². The minimum atomic E-state index is -0.288. The summed E-state index contributed by atoms with van der Waals surface area (Å²) in [5, 5.41) is 10.0. The highest BCUT2D eigenvalue weighted by Crippen LogP contribution is 2.22. The highest BCUT2D eigenvalue weighted by atomic mass is 32.1. The van der Waals surface area contributed by atoms with Crippen molar-refractivity contribution < 1.29 is 14.3 Å². The lowest BCUT2D eigenvalue weighted by Gasteiger charge is -2.09. The van der Waals surface area contributed by atoms with Crippen molar-refractivity contribution in [3.63, 3.8) is 0 Å². The highest BCUT2D eigenvalue weighted by molar-refractivity contribution is 7.71. The van der Waals surface area contributed by atoms with Crippen LogP contribution in [0.15, 0.2) is 48.5 Å². The molecule has 0 saturated carbocycles. The number of hydrogen-bond donors (Lipinski definition) is 2. The van der Waals surface area contributed by atoms with E-state index in [0.717, 1.165) is 5.56 Å². The quantitative estimate of drug-likeness (QED) is 0.568. The summed E-state index contributed by atoms with van der Waals surface area (Å²) in [7, 11) is 3.29. The van der Waals surface area contributed by atoms with Crippen LogP contribution in [0.1, 0.15) is 21.7 Å². The molecule has 3 rings (SSSR count). The van der Waals surface area contributed by atoms with Gasteiger partial charge in [-0.3, -0.25) is 9.59 Å². The molecule has 2 aromatic carbocycles. The molecule has 1 aromatic heterocycles. The summed E-state index contributed by atoms with van der Waals surface area (Å²) in [6, 6.07) is 14.5. The number of benzene rings is 2. The van der Waals surface area contributed by atoms with Crippen LogP contribution in [0.2, 0.25) is 0 Å². The van der Waals surface area contributed by atoms with Gasteiger partial charge in [0.25, 0.3) is 5.91 Å². The SMILES string of the molecule is COc1ccccc1NC(=O)Cn1nc(CNC(=O)c2ccccc2C)n(C)c1=S. The number of anilines is 1. The Kier molecular flexibility index (Phi) is 6.63. The lowest BCUT2D eigenvalue weighted by Crippen LogP contribution is -2.25. The molecule has 0 atom stereocenters. The van der Waals surface area contributed by atoms with Crippen LogP contribution in [-0.4, -0.2) is 33.3 Å². The van der Waals surface area contributed by atoms with Crippen LogP contribution in [0, 0.1) is 11.7 Å². The van der Waals surface area contributed by atoms with Crippen LogP contribution in [-0.2, 0) is 24.9 Å². The minimum absolute atomic E-state index is 0.0591. The molecule has 0 aliphatic heterocycles. The number of nitrogens with zero attached hydrogens (tertiary/aromatic N) is 3. The van der Waals surface area contributed by atoms with Crippen LogP contribution in [0.5, 0.6) is 5.75 Å². The maximum atomic E-state index is 12.5. The van der Waals surface area contributed by atoms with Crippen LogP contribution < -0.4 is 15.4 Å². The first-order chi connectivity index (χ1) is 14.4. The largest absolute Gasteiger partial charge is 0.495 e. The van der Waals surface area contributed by atoms with Crippen molar-refractivity contribution in [2.75, 3.05) is 12.4 Å². The average molecular weight is 426 g/mol. The summed E-state index contributed by atoms with van der Waals surface area (Å²) in [5.41, 5.74) is 2.06. The van der Waals surface area contributed by atoms with Crippen molar-refractivity contribution in [3.8, 4) is 5.75 Å². The average Bonchev–Trinajstić information content (AvgIpc) is 3.00. The van der Waals surface area contributed by atoms with Crippen molar-refractivity contribution in [1.29, 1.82) is 0 Å². The molecule has 0 fully saturated rings. The standard InChI is InChI=1S/C21H23N5O3S/c1-14-8-4-5-9-15(14)20(28)22-12-18-24-26(21(30)25(18)2)13-19(27)23-16-10-6-7-11-17(16)29-3/h4-11H,12-13H2,1-3H3,(H,22,28)(H,23,27). The van der Waals surface area contributed by atoms with Gasteiger partial charge in [0.05, 0.1) is 19.3 Å². The van der Waals surface area contributed by atoms with Crippen LogP contribution in [0.25, 0.3) is 0 Å². The zero-order valence-corrected chi connectivity index (χ0v) is 17.8. The van der Waals surface area contributed by atoms with E-state index in [1.54, 1.807) is 35.9 Å². The molecule has 1 heterocycles. The molecular formula is C21H23N5O3S. The van der Waals surface area contributed by atoms with E-state index < -0.39 is 0 Å². The number of carbonyl (C=O) groups is 2. The first-order valence-electron chi connectivity index (χ1n) is 9.30. The van der Waals surface area contributed by atoms with E-state index in [4.69, 9.17) is 17.0 Å². The second-order valence-electron chi connectivity index (χ2n) is 6.66. The summed E-state index contributed by atoms with van der Waals surface area (Å²) >= 11 is 5.39. The molecule has 0 aliphatic carbocycles. The number of methoxy groups -OCH3 is 1. The molecule has 0 aliphatic rings. The third-order valence-electron chi connectivity index (χ3n) is 4.60. The Morgan fingerprint density at radius 3 is 2.57 bits per heavy atom. The number of nitrogens with one attached hydrogen (secondary N) is 2. The molecule has 30 heavy (non-hydrogen) atoms. The maximum Gasteiger partial charge on any atom is 0.251 e. The van der Waals surface area contributed by atoms with E-state index in [9.17, 15) is 9.59 Å². The van der Waals surface area contributed by atoms with Crippen molar-refractivity contribution >= 4 is 29.7 Å². The van der Waals surface area contributed by atoms with E-state index in [1.165, 1.54) is 11.8 Å². The first kappa shape index (κ1) is 21.3. The Labute approximate surface area is 179 Å². The number of hydrogen-bond acceptors (Lipinski definition) is 5. The molecule has 2 amide bonds. The van der Waals surface area contributed by atoms with Gasteiger partial charge in [0.15, 0.2) is 10.6 Å². The molecule has 9 heteroatoms. The van der Waals surface area contributed by atoms with E-state index in [1.807, 2.05) is 31.2 Å². The molecule has 0 radical (unpaired) electrons. The van der Waals surface area contributed by atoms with Gasteiger partial charge >= 0.3 is 0 Å². The van der Waals surface area contributed by atoms with Crippen molar-refractivity contribution in [3.05, 3.63) is 70.3 Å². The number of rotatable bonds is 7. The third kappa shape index (κ3) is 4.74. The van der Waals surface area contributed by atoms with Gasteiger partial charge in [-0.2, -0.15) is 5.10 Å². The summed E-state index contributed by atoms with van der Waals surface area (Å²) in [6.45, 7) is 2.01. The Morgan fingerprint density at radius 1 is 1.13 bits per heavy atom. The van der Waals surface area contributed by atoms with Gasteiger partial charge in [0.2, 0.25) is 5.91 Å². The zero-order chi connectivity index (χ0) is 21.7. The summed E-state index contributed by atoms with van der Waals surface area (Å²) < 4.78 is 8.72. The van der Waals surface area contributed by atoms with E-state index in [0.29, 0.717) is 27.6 Å². The van der Waals surface area contributed by atoms with E-state index >= 15 is 0 Å². The predicted octanol–water partition coefficient (Wildman–Crippen LogP) is 2.84. The molecule has 156 valence electrons. The number of carbonyl (C=O) groups excluding carboxylic acids is 2. The second-order valence-corrected chi connectivity index (χ2v) is 7.03. The van der Waals surface area contributed by atoms with Crippen molar-refractivity contribution in [1.82, 2.24) is 19.7 Å². The predicted molar refractivity (Wildman–Crippen MR) is 116 cm³/mol. The second kappa shape index (κ2) is 9.36. The molecule has 3 aromatic rings. The monoisotopic (exact) mass is 425 g/mol. The molecule has 0 unspecified atom stereocenters. The summed E-state index contributed by atoms with van der Waals surface area (Å²) in [6.07, 6.45) is 0. The molecule has 2 N–H and O–H groups in total. The third-order valence-corrected chi connectivity index (χ3v) is 5.09. The summed E-state index contributed by atoms with van der Waals surface area (Å²) in [5.74, 6) is 0.633. The lowest BCUT2D eigenvalue weighted by molar-refractivity contribution is -0.117. The number of para-hydroxylation sites is 2. The van der Waals surface area contributed by atoms with Gasteiger partial charge in [-0.05, 0) is 42.9 Å². The normalized spacial score (nSPS) is 10.5. The molecule has 0 bridgehead atoms. The van der Waals surface area contributed by atoms with E-state index in [-0.39, 0.29) is 24.9 Å². The van der Waals surface area contributed by atoms with Crippen molar-refractivity contribution in [2.24, 2.45) is 7.05 Å². The van der Waals surface area contributed by atoms with Crippen LogP contribution >= 0.6 is 12.2 Å². The van der Waals surface area contributed by atoms with Gasteiger partial charge in [0, 0.05) is 12.6 Å². The van der Waals surface area contributed by atoms with Gasteiger partial charge in [-0.1, -0.05) is 30.3 Å². The highest BCUT2D eigenvalue weighted by Gasteiger charge is 2.14. The Morgan fingerprint density at radius 2 is 1.83 bits per heavy atom. The minimum Gasteiger partial charge on any atom is -0.495 e. The van der Waals surface area contributed by atoms with Crippen molar-refractivity contribution in [2.45, 2.75) is 20.0 Å². The molecule has 0 spiro atoms. The van der Waals surface area contributed by atoms with E-state index in [2.05, 4.69) is 15.7 Å². The van der Waals surface area contributed by atoms with Crippen LogP contribution in [0.3, 0.4) is 0 Å².